The summed E-state index contributed by atoms with van der Waals surface area (Å²) in [5.74, 6) is -0.0339. The molecular formula is C11H22N2O2. The summed E-state index contributed by atoms with van der Waals surface area (Å²) in [7, 11) is 0. The van der Waals surface area contributed by atoms with Crippen LogP contribution in [0, 0.1) is 5.41 Å². The zero-order valence-corrected chi connectivity index (χ0v) is 9.88. The molecule has 1 rings (SSSR count). The van der Waals surface area contributed by atoms with E-state index in [9.17, 15) is 4.79 Å². The Morgan fingerprint density at radius 3 is 2.73 bits per heavy atom. The molecule has 0 aromatic heterocycles. The SMILES string of the molecule is CCCOCC(=O)NC1CC(N)C1(C)C. The van der Waals surface area contributed by atoms with Crippen molar-refractivity contribution in [2.24, 2.45) is 11.1 Å². The van der Waals surface area contributed by atoms with Crippen molar-refractivity contribution in [3.05, 3.63) is 0 Å². The molecule has 15 heavy (non-hydrogen) atoms. The van der Waals surface area contributed by atoms with Crippen LogP contribution in [-0.2, 0) is 9.53 Å². The highest BCUT2D eigenvalue weighted by Crippen LogP contribution is 2.38. The van der Waals surface area contributed by atoms with E-state index in [0.29, 0.717) is 6.61 Å². The topological polar surface area (TPSA) is 64.3 Å². The van der Waals surface area contributed by atoms with Gasteiger partial charge >= 0.3 is 0 Å². The summed E-state index contributed by atoms with van der Waals surface area (Å²) in [4.78, 5) is 11.4. The second-order valence-corrected chi connectivity index (χ2v) is 4.84. The lowest BCUT2D eigenvalue weighted by molar-refractivity contribution is -0.129. The number of nitrogens with two attached hydrogens (primary N) is 1. The number of ether oxygens (including phenoxy) is 1. The molecule has 1 saturated carbocycles. The Kier molecular flexibility index (Phi) is 4.11. The van der Waals surface area contributed by atoms with Crippen LogP contribution in [0.25, 0.3) is 0 Å². The minimum atomic E-state index is -0.0339. The van der Waals surface area contributed by atoms with Gasteiger partial charge in [0.25, 0.3) is 0 Å². The maximum atomic E-state index is 11.4. The van der Waals surface area contributed by atoms with Gasteiger partial charge in [-0.3, -0.25) is 4.79 Å². The van der Waals surface area contributed by atoms with E-state index in [4.69, 9.17) is 10.5 Å². The van der Waals surface area contributed by atoms with Crippen molar-refractivity contribution in [1.82, 2.24) is 5.32 Å². The molecule has 1 amide bonds. The monoisotopic (exact) mass is 214 g/mol. The Morgan fingerprint density at radius 2 is 2.27 bits per heavy atom. The molecule has 3 N–H and O–H groups in total. The van der Waals surface area contributed by atoms with Crippen molar-refractivity contribution < 1.29 is 9.53 Å². The van der Waals surface area contributed by atoms with Crippen molar-refractivity contribution in [1.29, 1.82) is 0 Å². The molecular weight excluding hydrogens is 192 g/mol. The molecule has 1 aliphatic rings. The van der Waals surface area contributed by atoms with Gasteiger partial charge in [-0.05, 0) is 12.8 Å². The second kappa shape index (κ2) is 4.94. The largest absolute Gasteiger partial charge is 0.372 e. The van der Waals surface area contributed by atoms with E-state index >= 15 is 0 Å². The van der Waals surface area contributed by atoms with Crippen LogP contribution in [0.3, 0.4) is 0 Å². The third-order valence-corrected chi connectivity index (χ3v) is 3.26. The predicted molar refractivity (Wildman–Crippen MR) is 59.4 cm³/mol. The molecule has 0 saturated heterocycles. The van der Waals surface area contributed by atoms with Gasteiger partial charge in [0.15, 0.2) is 0 Å². The van der Waals surface area contributed by atoms with E-state index in [1.165, 1.54) is 0 Å². The zero-order chi connectivity index (χ0) is 11.5. The van der Waals surface area contributed by atoms with Crippen molar-refractivity contribution in [3.63, 3.8) is 0 Å². The number of amides is 1. The van der Waals surface area contributed by atoms with Crippen molar-refractivity contribution in [2.45, 2.75) is 45.7 Å². The van der Waals surface area contributed by atoms with E-state index in [1.54, 1.807) is 0 Å². The quantitative estimate of drug-likeness (QED) is 0.661. The zero-order valence-electron chi connectivity index (χ0n) is 9.88. The van der Waals surface area contributed by atoms with Crippen LogP contribution in [0.5, 0.6) is 0 Å². The van der Waals surface area contributed by atoms with Crippen LogP contribution in [-0.4, -0.2) is 31.2 Å². The van der Waals surface area contributed by atoms with Crippen molar-refractivity contribution in [2.75, 3.05) is 13.2 Å². The van der Waals surface area contributed by atoms with Crippen LogP contribution < -0.4 is 11.1 Å². The predicted octanol–water partition coefficient (Wildman–Crippen LogP) is 0.655. The minimum absolute atomic E-state index is 0.0143. The smallest absolute Gasteiger partial charge is 0.246 e. The van der Waals surface area contributed by atoms with Crippen LogP contribution in [0.1, 0.15) is 33.6 Å². The summed E-state index contributed by atoms with van der Waals surface area (Å²) in [5.41, 5.74) is 5.88. The maximum absolute atomic E-state index is 11.4. The summed E-state index contributed by atoms with van der Waals surface area (Å²) in [6.45, 7) is 6.99. The summed E-state index contributed by atoms with van der Waals surface area (Å²) in [6, 6.07) is 0.393. The summed E-state index contributed by atoms with van der Waals surface area (Å²) < 4.78 is 5.17. The summed E-state index contributed by atoms with van der Waals surface area (Å²) in [6.07, 6.45) is 1.81. The average molecular weight is 214 g/mol. The van der Waals surface area contributed by atoms with E-state index in [1.807, 2.05) is 6.92 Å². The average Bonchev–Trinajstić information content (AvgIpc) is 2.18. The normalized spacial score (nSPS) is 28.3. The third kappa shape index (κ3) is 2.92. The fourth-order valence-electron chi connectivity index (χ4n) is 1.75. The number of hydrogen-bond acceptors (Lipinski definition) is 3. The minimum Gasteiger partial charge on any atom is -0.372 e. The van der Waals surface area contributed by atoms with Crippen LogP contribution in [0.2, 0.25) is 0 Å². The molecule has 2 unspecified atom stereocenters. The van der Waals surface area contributed by atoms with E-state index < -0.39 is 0 Å². The first-order valence-electron chi connectivity index (χ1n) is 5.61. The molecule has 2 atom stereocenters. The summed E-state index contributed by atoms with van der Waals surface area (Å²) in [5, 5.41) is 2.95. The lowest BCUT2D eigenvalue weighted by atomic mass is 9.63. The highest BCUT2D eigenvalue weighted by atomic mass is 16.5. The number of carbonyl (C=O) groups is 1. The highest BCUT2D eigenvalue weighted by molar-refractivity contribution is 5.77. The molecule has 4 heteroatoms. The van der Waals surface area contributed by atoms with Gasteiger partial charge in [0.1, 0.15) is 6.61 Å². The van der Waals surface area contributed by atoms with E-state index in [0.717, 1.165) is 12.8 Å². The molecule has 88 valence electrons. The van der Waals surface area contributed by atoms with Crippen LogP contribution >= 0.6 is 0 Å². The van der Waals surface area contributed by atoms with Crippen molar-refractivity contribution in [3.8, 4) is 0 Å². The number of rotatable bonds is 5. The molecule has 1 aliphatic carbocycles. The van der Waals surface area contributed by atoms with Gasteiger partial charge in [-0.2, -0.15) is 0 Å². The van der Waals surface area contributed by atoms with Gasteiger partial charge in [-0.1, -0.05) is 20.8 Å². The first-order chi connectivity index (χ1) is 6.98. The van der Waals surface area contributed by atoms with E-state index in [-0.39, 0.29) is 30.0 Å². The molecule has 0 bridgehead atoms. The molecule has 0 aromatic rings. The number of nitrogens with one attached hydrogen (secondary N) is 1. The highest BCUT2D eigenvalue weighted by Gasteiger charge is 2.46. The van der Waals surface area contributed by atoms with Gasteiger partial charge < -0.3 is 15.8 Å². The number of hydrogen-bond donors (Lipinski definition) is 2. The Bertz CT molecular complexity index is 229. The maximum Gasteiger partial charge on any atom is 0.246 e. The van der Waals surface area contributed by atoms with Gasteiger partial charge in [0, 0.05) is 24.1 Å². The van der Waals surface area contributed by atoms with Gasteiger partial charge in [0.05, 0.1) is 0 Å². The number of carbonyl (C=O) groups excluding carboxylic acids is 1. The van der Waals surface area contributed by atoms with E-state index in [2.05, 4.69) is 19.2 Å². The lowest BCUT2D eigenvalue weighted by Gasteiger charge is -2.50. The summed E-state index contributed by atoms with van der Waals surface area (Å²) >= 11 is 0. The Hall–Kier alpha value is -0.610. The molecule has 0 radical (unpaired) electrons. The van der Waals surface area contributed by atoms with Crippen molar-refractivity contribution >= 4 is 5.91 Å². The molecule has 0 aliphatic heterocycles. The first kappa shape index (κ1) is 12.5. The standard InChI is InChI=1S/C11H22N2O2/c1-4-5-15-7-10(14)13-9-6-8(12)11(9,2)3/h8-9H,4-7,12H2,1-3H3,(H,13,14). The molecule has 4 nitrogen and oxygen atoms in total. The van der Waals surface area contributed by atoms with Gasteiger partial charge in [-0.25, -0.2) is 0 Å². The first-order valence-corrected chi connectivity index (χ1v) is 5.61. The Labute approximate surface area is 91.5 Å². The second-order valence-electron chi connectivity index (χ2n) is 4.84. The molecule has 0 spiro atoms. The fourth-order valence-corrected chi connectivity index (χ4v) is 1.75. The molecule has 0 aromatic carbocycles. The Balaban J connectivity index is 2.22. The Morgan fingerprint density at radius 1 is 1.60 bits per heavy atom. The molecule has 1 fully saturated rings. The van der Waals surface area contributed by atoms with Gasteiger partial charge in [-0.15, -0.1) is 0 Å². The third-order valence-electron chi connectivity index (χ3n) is 3.26. The fraction of sp³-hybridized carbons (Fsp3) is 0.909. The van der Waals surface area contributed by atoms with Crippen LogP contribution in [0.15, 0.2) is 0 Å². The lowest BCUT2D eigenvalue weighted by Crippen LogP contribution is -2.64. The van der Waals surface area contributed by atoms with Gasteiger partial charge in [0.2, 0.25) is 5.91 Å². The van der Waals surface area contributed by atoms with Crippen LogP contribution in [0.4, 0.5) is 0 Å². The molecule has 0 heterocycles.